The molecule has 9 rings (SSSR count). The number of nitrogens with zero attached hydrogens (tertiary/aromatic N) is 6. The molecule has 0 saturated heterocycles. The maximum absolute atomic E-state index is 5.07. The molecule has 0 aliphatic heterocycles. The molecule has 9 aromatic rings. The van der Waals surface area contributed by atoms with Gasteiger partial charge in [-0.2, -0.15) is 0 Å². The van der Waals surface area contributed by atoms with Crippen LogP contribution >= 0.6 is 0 Å². The van der Waals surface area contributed by atoms with Crippen LogP contribution in [-0.4, -0.2) is 29.3 Å². The first-order valence-electron chi connectivity index (χ1n) is 17.7. The summed E-state index contributed by atoms with van der Waals surface area (Å²) in [6.45, 7) is 4.09. The molecule has 0 saturated carbocycles. The summed E-state index contributed by atoms with van der Waals surface area (Å²) in [6.07, 6.45) is 2.08. The van der Waals surface area contributed by atoms with Gasteiger partial charge in [0.2, 0.25) is 0 Å². The largest absolute Gasteiger partial charge is 0.299 e. The van der Waals surface area contributed by atoms with Gasteiger partial charge in [-0.15, -0.1) is 0 Å². The molecule has 53 heavy (non-hydrogen) atoms. The van der Waals surface area contributed by atoms with Crippen LogP contribution in [0, 0.1) is 13.8 Å². The molecule has 4 aromatic heterocycles. The van der Waals surface area contributed by atoms with E-state index >= 15 is 0 Å². The van der Waals surface area contributed by atoms with Gasteiger partial charge in [0, 0.05) is 51.0 Å². The topological polar surface area (TPSA) is 68.9 Å². The Morgan fingerprint density at radius 1 is 0.377 bits per heavy atom. The molecule has 0 radical (unpaired) electrons. The van der Waals surface area contributed by atoms with Crippen molar-refractivity contribution in [3.63, 3.8) is 0 Å². The molecule has 6 nitrogen and oxygen atoms in total. The Bertz CT molecular complexity index is 2660. The summed E-state index contributed by atoms with van der Waals surface area (Å²) in [5, 5.41) is 0. The second-order valence-electron chi connectivity index (χ2n) is 13.1. The molecule has 252 valence electrons. The van der Waals surface area contributed by atoms with Crippen LogP contribution in [0.4, 0.5) is 0 Å². The quantitative estimate of drug-likeness (QED) is 0.167. The molecule has 0 amide bonds. The van der Waals surface area contributed by atoms with Gasteiger partial charge >= 0.3 is 0 Å². The van der Waals surface area contributed by atoms with Crippen molar-refractivity contribution in [1.82, 2.24) is 29.3 Å². The van der Waals surface area contributed by atoms with Gasteiger partial charge in [-0.1, -0.05) is 127 Å². The van der Waals surface area contributed by atoms with E-state index in [1.54, 1.807) is 0 Å². The Balaban J connectivity index is 1.21. The minimum absolute atomic E-state index is 0.605. The maximum Gasteiger partial charge on any atom is 0.164 e. The van der Waals surface area contributed by atoms with Gasteiger partial charge in [-0.05, 0) is 66.9 Å². The Labute approximate surface area is 308 Å². The summed E-state index contributed by atoms with van der Waals surface area (Å²) < 4.78 is 2.17. The summed E-state index contributed by atoms with van der Waals surface area (Å²) in [6, 6.07) is 56.2. The van der Waals surface area contributed by atoms with Gasteiger partial charge in [-0.25, -0.2) is 19.9 Å². The van der Waals surface area contributed by atoms with Crippen LogP contribution in [0.3, 0.4) is 0 Å². The number of hydrogen-bond acceptors (Lipinski definition) is 5. The molecule has 0 spiro atoms. The Hall–Kier alpha value is -7.05. The minimum Gasteiger partial charge on any atom is -0.299 e. The average molecular weight is 683 g/mol. The van der Waals surface area contributed by atoms with Gasteiger partial charge in [0.1, 0.15) is 5.65 Å². The van der Waals surface area contributed by atoms with E-state index in [4.69, 9.17) is 24.9 Å². The third-order valence-electron chi connectivity index (χ3n) is 9.50. The summed E-state index contributed by atoms with van der Waals surface area (Å²) in [7, 11) is 0. The first-order valence-corrected chi connectivity index (χ1v) is 17.7. The normalized spacial score (nSPS) is 11.2. The number of aromatic nitrogens is 6. The van der Waals surface area contributed by atoms with Crippen LogP contribution in [0.5, 0.6) is 0 Å². The third kappa shape index (κ3) is 6.28. The van der Waals surface area contributed by atoms with E-state index in [0.29, 0.717) is 17.5 Å². The van der Waals surface area contributed by atoms with Crippen molar-refractivity contribution in [2.45, 2.75) is 13.8 Å². The fourth-order valence-corrected chi connectivity index (χ4v) is 6.90. The van der Waals surface area contributed by atoms with Crippen LogP contribution < -0.4 is 0 Å². The lowest BCUT2D eigenvalue weighted by Crippen LogP contribution is -2.00. The van der Waals surface area contributed by atoms with Gasteiger partial charge in [0.25, 0.3) is 0 Å². The molecular formula is C47H34N6. The van der Waals surface area contributed by atoms with Crippen LogP contribution in [0.2, 0.25) is 0 Å². The molecule has 0 N–H and O–H groups in total. The summed E-state index contributed by atoms with van der Waals surface area (Å²) in [4.78, 5) is 24.9. The van der Waals surface area contributed by atoms with Crippen molar-refractivity contribution in [3.05, 3.63) is 181 Å². The lowest BCUT2D eigenvalue weighted by molar-refractivity contribution is 1.07. The number of rotatable bonds is 7. The SMILES string of the molecule is Cc1ccc(-c2cc(-c3ccc(-c4c(-c5ccccc5)nc5ccccn45)cc3)cc(-c3nc(-c4ccccc4)nc(-c4ccccc4)n3)c2)c(C)n1. The summed E-state index contributed by atoms with van der Waals surface area (Å²) >= 11 is 0. The highest BCUT2D eigenvalue weighted by molar-refractivity contribution is 5.85. The fraction of sp³-hybridized carbons (Fsp3) is 0.0426. The first-order chi connectivity index (χ1) is 26.1. The molecule has 0 atom stereocenters. The van der Waals surface area contributed by atoms with E-state index in [-0.39, 0.29) is 0 Å². The number of benzene rings is 5. The molecule has 0 bridgehead atoms. The van der Waals surface area contributed by atoms with Crippen molar-refractivity contribution in [2.75, 3.05) is 0 Å². The first kappa shape index (κ1) is 31.9. The predicted octanol–water partition coefficient (Wildman–Crippen LogP) is 11.2. The van der Waals surface area contributed by atoms with Gasteiger partial charge in [-0.3, -0.25) is 9.38 Å². The Morgan fingerprint density at radius 3 is 1.53 bits per heavy atom. The summed E-state index contributed by atoms with van der Waals surface area (Å²) in [5.74, 6) is 1.86. The predicted molar refractivity (Wildman–Crippen MR) is 214 cm³/mol. The molecule has 0 unspecified atom stereocenters. The zero-order valence-corrected chi connectivity index (χ0v) is 29.3. The van der Waals surface area contributed by atoms with E-state index in [2.05, 4.69) is 96.4 Å². The highest BCUT2D eigenvalue weighted by atomic mass is 15.0. The van der Waals surface area contributed by atoms with E-state index in [1.165, 1.54) is 0 Å². The molecule has 5 aromatic carbocycles. The number of fused-ring (bicyclic) bond motifs is 1. The molecule has 4 heterocycles. The van der Waals surface area contributed by atoms with Crippen LogP contribution in [0.15, 0.2) is 170 Å². The second-order valence-corrected chi connectivity index (χ2v) is 13.1. The highest BCUT2D eigenvalue weighted by Crippen LogP contribution is 2.37. The van der Waals surface area contributed by atoms with Crippen molar-refractivity contribution >= 4 is 5.65 Å². The van der Waals surface area contributed by atoms with Gasteiger partial charge in [0.05, 0.1) is 11.4 Å². The van der Waals surface area contributed by atoms with Crippen molar-refractivity contribution in [2.24, 2.45) is 0 Å². The molecule has 0 aliphatic rings. The van der Waals surface area contributed by atoms with E-state index in [9.17, 15) is 0 Å². The third-order valence-corrected chi connectivity index (χ3v) is 9.50. The van der Waals surface area contributed by atoms with Crippen molar-refractivity contribution in [1.29, 1.82) is 0 Å². The maximum atomic E-state index is 5.07. The minimum atomic E-state index is 0.605. The number of imidazole rings is 1. The second kappa shape index (κ2) is 13.6. The average Bonchev–Trinajstić information content (AvgIpc) is 3.61. The lowest BCUT2D eigenvalue weighted by Gasteiger charge is -2.14. The number of pyridine rings is 2. The highest BCUT2D eigenvalue weighted by Gasteiger charge is 2.18. The van der Waals surface area contributed by atoms with Crippen LogP contribution in [0.1, 0.15) is 11.4 Å². The Morgan fingerprint density at radius 2 is 0.906 bits per heavy atom. The fourth-order valence-electron chi connectivity index (χ4n) is 6.90. The zero-order chi connectivity index (χ0) is 35.7. The molecule has 6 heteroatoms. The van der Waals surface area contributed by atoms with E-state index in [0.717, 1.165) is 78.5 Å². The van der Waals surface area contributed by atoms with Crippen LogP contribution in [0.25, 0.3) is 84.6 Å². The van der Waals surface area contributed by atoms with Crippen molar-refractivity contribution < 1.29 is 0 Å². The van der Waals surface area contributed by atoms with Gasteiger partial charge < -0.3 is 0 Å². The molecular weight excluding hydrogens is 649 g/mol. The number of aryl methyl sites for hydroxylation is 2. The Kier molecular flexibility index (Phi) is 8.18. The van der Waals surface area contributed by atoms with Gasteiger partial charge in [0.15, 0.2) is 17.5 Å². The van der Waals surface area contributed by atoms with E-state index < -0.39 is 0 Å². The summed E-state index contributed by atoms with van der Waals surface area (Å²) in [5.41, 5.74) is 14.0. The monoisotopic (exact) mass is 682 g/mol. The van der Waals surface area contributed by atoms with Crippen molar-refractivity contribution in [3.8, 4) is 78.9 Å². The lowest BCUT2D eigenvalue weighted by atomic mass is 9.94. The standard InChI is InChI=1S/C47H34N6/c1-31-21-26-41(32(2)48-31)39-28-38(29-40(30-39)47-51-45(36-16-8-4-9-17-36)50-46(52-47)37-18-10-5-11-19-37)33-22-24-35(25-23-33)44-43(34-14-6-3-7-15-34)49-42-20-12-13-27-53(42)44/h3-30H,1-2H3. The van der Waals surface area contributed by atoms with Crippen LogP contribution in [-0.2, 0) is 0 Å². The number of hydrogen-bond donors (Lipinski definition) is 0. The zero-order valence-electron chi connectivity index (χ0n) is 29.3. The smallest absolute Gasteiger partial charge is 0.164 e. The molecule has 0 fully saturated rings. The van der Waals surface area contributed by atoms with E-state index in [1.807, 2.05) is 91.9 Å². The molecule has 0 aliphatic carbocycles.